The summed E-state index contributed by atoms with van der Waals surface area (Å²) in [6.07, 6.45) is 4.85. The molecule has 3 aliphatic rings. The molecule has 0 aromatic heterocycles. The fourth-order valence-corrected chi connectivity index (χ4v) is 3.80. The predicted molar refractivity (Wildman–Crippen MR) is 80.9 cm³/mol. The molecule has 0 aromatic carbocycles. The van der Waals surface area contributed by atoms with E-state index in [4.69, 9.17) is 5.11 Å². The molecular weight excluding hydrogens is 310 g/mol. The Morgan fingerprint density at radius 2 is 1.91 bits per heavy atom. The van der Waals surface area contributed by atoms with Gasteiger partial charge in [0.05, 0.1) is 0 Å². The molecule has 3 rings (SSSR count). The van der Waals surface area contributed by atoms with Crippen molar-refractivity contribution < 1.29 is 19.5 Å². The van der Waals surface area contributed by atoms with Gasteiger partial charge in [-0.1, -0.05) is 12.8 Å². The zero-order valence-electron chi connectivity index (χ0n) is 12.4. The maximum Gasteiger partial charge on any atom is 0.325 e. The fourth-order valence-electron chi connectivity index (χ4n) is 3.80. The number of imide groups is 1. The molecule has 2 N–H and O–H groups in total. The summed E-state index contributed by atoms with van der Waals surface area (Å²) < 4.78 is 0. The maximum atomic E-state index is 12.5. The summed E-state index contributed by atoms with van der Waals surface area (Å²) in [7, 11) is 0. The number of carboxylic acid groups (broad SMARTS) is 1. The lowest BCUT2D eigenvalue weighted by Crippen LogP contribution is -2.45. The Hall–Kier alpha value is -1.34. The molecule has 0 radical (unpaired) electrons. The Morgan fingerprint density at radius 1 is 1.23 bits per heavy atom. The highest BCUT2D eigenvalue weighted by Gasteiger charge is 2.52. The van der Waals surface area contributed by atoms with Gasteiger partial charge in [-0.2, -0.15) is 0 Å². The second-order valence-electron chi connectivity index (χ2n) is 6.21. The molecule has 3 amide bonds. The van der Waals surface area contributed by atoms with E-state index in [1.54, 1.807) is 0 Å². The average molecular weight is 332 g/mol. The van der Waals surface area contributed by atoms with Crippen LogP contribution in [0.1, 0.15) is 38.5 Å². The van der Waals surface area contributed by atoms with Gasteiger partial charge in [-0.05, 0) is 32.2 Å². The van der Waals surface area contributed by atoms with Crippen molar-refractivity contribution in [1.29, 1.82) is 0 Å². The van der Waals surface area contributed by atoms with Gasteiger partial charge in [-0.25, -0.2) is 4.79 Å². The summed E-state index contributed by atoms with van der Waals surface area (Å²) in [5.41, 5.74) is -0.672. The molecule has 0 aromatic rings. The zero-order valence-corrected chi connectivity index (χ0v) is 13.2. The summed E-state index contributed by atoms with van der Waals surface area (Å²) >= 11 is 0. The van der Waals surface area contributed by atoms with E-state index < -0.39 is 17.6 Å². The number of carbonyl (C=O) groups is 3. The number of amides is 3. The molecule has 1 spiro atoms. The second-order valence-corrected chi connectivity index (χ2v) is 6.21. The molecule has 1 aliphatic carbocycles. The van der Waals surface area contributed by atoms with Crippen molar-refractivity contribution in [3.8, 4) is 0 Å². The van der Waals surface area contributed by atoms with Crippen LogP contribution in [-0.2, 0) is 9.59 Å². The summed E-state index contributed by atoms with van der Waals surface area (Å²) in [5.74, 6) is -0.951. The summed E-state index contributed by atoms with van der Waals surface area (Å²) in [4.78, 5) is 38.7. The summed E-state index contributed by atoms with van der Waals surface area (Å²) in [6.45, 7) is 1.42. The molecule has 2 heterocycles. The molecule has 2 aliphatic heterocycles. The second kappa shape index (κ2) is 6.42. The molecule has 2 saturated heterocycles. The minimum absolute atomic E-state index is 0. The van der Waals surface area contributed by atoms with Gasteiger partial charge in [0.15, 0.2) is 0 Å². The molecule has 1 atom stereocenters. The Bertz CT molecular complexity index is 479. The van der Waals surface area contributed by atoms with Gasteiger partial charge in [0.2, 0.25) is 0 Å². The molecule has 22 heavy (non-hydrogen) atoms. The molecule has 124 valence electrons. The highest BCUT2D eigenvalue weighted by molar-refractivity contribution is 6.07. The van der Waals surface area contributed by atoms with Gasteiger partial charge < -0.3 is 10.4 Å². The monoisotopic (exact) mass is 331 g/mol. The Balaban J connectivity index is 0.00000176. The van der Waals surface area contributed by atoms with E-state index in [-0.39, 0.29) is 30.9 Å². The first-order chi connectivity index (χ1) is 10.0. The first kappa shape index (κ1) is 17.0. The van der Waals surface area contributed by atoms with E-state index in [0.717, 1.165) is 32.1 Å². The SMILES string of the molecule is Cl.O=C(O)[C@@H]1CCCN1CCN1C(=O)NC2(CCCC2)C1=O. The minimum Gasteiger partial charge on any atom is -0.480 e. The van der Waals surface area contributed by atoms with Crippen molar-refractivity contribution in [3.63, 3.8) is 0 Å². The topological polar surface area (TPSA) is 89.9 Å². The van der Waals surface area contributed by atoms with E-state index in [0.29, 0.717) is 19.5 Å². The third-order valence-corrected chi connectivity index (χ3v) is 4.96. The Morgan fingerprint density at radius 3 is 2.55 bits per heavy atom. The van der Waals surface area contributed by atoms with Crippen LogP contribution in [0.3, 0.4) is 0 Å². The highest BCUT2D eigenvalue weighted by atomic mass is 35.5. The lowest BCUT2D eigenvalue weighted by Gasteiger charge is -2.24. The van der Waals surface area contributed by atoms with Gasteiger partial charge >= 0.3 is 12.0 Å². The van der Waals surface area contributed by atoms with Crippen LogP contribution in [0, 0.1) is 0 Å². The van der Waals surface area contributed by atoms with Crippen LogP contribution in [0.15, 0.2) is 0 Å². The van der Waals surface area contributed by atoms with E-state index >= 15 is 0 Å². The van der Waals surface area contributed by atoms with E-state index in [1.165, 1.54) is 4.90 Å². The van der Waals surface area contributed by atoms with Crippen LogP contribution in [-0.4, -0.2) is 64.0 Å². The molecule has 0 bridgehead atoms. The van der Waals surface area contributed by atoms with E-state index in [9.17, 15) is 14.4 Å². The number of rotatable bonds is 4. The fraction of sp³-hybridized carbons (Fsp3) is 0.786. The van der Waals surface area contributed by atoms with Crippen molar-refractivity contribution in [2.75, 3.05) is 19.6 Å². The predicted octanol–water partition coefficient (Wildman–Crippen LogP) is 0.822. The number of urea groups is 1. The highest BCUT2D eigenvalue weighted by Crippen LogP contribution is 2.35. The smallest absolute Gasteiger partial charge is 0.325 e. The van der Waals surface area contributed by atoms with Crippen LogP contribution < -0.4 is 5.32 Å². The average Bonchev–Trinajstić information content (AvgIpc) is 3.11. The molecule has 8 heteroatoms. The molecule has 3 fully saturated rings. The number of nitrogens with zero attached hydrogens (tertiary/aromatic N) is 2. The standard InChI is InChI=1S/C14H21N3O4.ClH/c18-11(19)10-4-3-7-16(10)8-9-17-12(20)14(15-13(17)21)5-1-2-6-14;/h10H,1-9H2,(H,15,21)(H,18,19);1H/t10-;/m0./s1. The Labute approximate surface area is 135 Å². The zero-order chi connectivity index (χ0) is 15.0. The van der Waals surface area contributed by atoms with Gasteiger partial charge in [0, 0.05) is 13.1 Å². The van der Waals surface area contributed by atoms with Gasteiger partial charge in [-0.15, -0.1) is 12.4 Å². The van der Waals surface area contributed by atoms with Crippen molar-refractivity contribution >= 4 is 30.3 Å². The van der Waals surface area contributed by atoms with Crippen molar-refractivity contribution in [1.82, 2.24) is 15.1 Å². The van der Waals surface area contributed by atoms with E-state index in [1.807, 2.05) is 4.90 Å². The minimum atomic E-state index is -0.822. The number of likely N-dealkylation sites (tertiary alicyclic amines) is 1. The first-order valence-electron chi connectivity index (χ1n) is 7.64. The normalized spacial score (nSPS) is 27.3. The van der Waals surface area contributed by atoms with E-state index in [2.05, 4.69) is 5.32 Å². The largest absolute Gasteiger partial charge is 0.480 e. The number of nitrogens with one attached hydrogen (secondary N) is 1. The summed E-state index contributed by atoms with van der Waals surface area (Å²) in [6, 6.07) is -0.806. The maximum absolute atomic E-state index is 12.5. The summed E-state index contributed by atoms with van der Waals surface area (Å²) in [5, 5.41) is 12.0. The lowest BCUT2D eigenvalue weighted by atomic mass is 9.98. The lowest BCUT2D eigenvalue weighted by molar-refractivity contribution is -0.142. The van der Waals surface area contributed by atoms with Crippen LogP contribution in [0.5, 0.6) is 0 Å². The number of carboxylic acids is 1. The van der Waals surface area contributed by atoms with Crippen molar-refractivity contribution in [2.24, 2.45) is 0 Å². The molecule has 1 saturated carbocycles. The third kappa shape index (κ3) is 2.79. The van der Waals surface area contributed by atoms with Crippen LogP contribution in [0.4, 0.5) is 4.79 Å². The van der Waals surface area contributed by atoms with Gasteiger partial charge in [0.25, 0.3) is 5.91 Å². The van der Waals surface area contributed by atoms with Crippen LogP contribution in [0.25, 0.3) is 0 Å². The van der Waals surface area contributed by atoms with Crippen LogP contribution in [0.2, 0.25) is 0 Å². The van der Waals surface area contributed by atoms with Gasteiger partial charge in [0.1, 0.15) is 11.6 Å². The Kier molecular flexibility index (Phi) is 4.97. The van der Waals surface area contributed by atoms with Crippen LogP contribution >= 0.6 is 12.4 Å². The number of hydrogen-bond donors (Lipinski definition) is 2. The number of aliphatic carboxylic acids is 1. The number of carbonyl (C=O) groups excluding carboxylic acids is 2. The number of halogens is 1. The van der Waals surface area contributed by atoms with Crippen molar-refractivity contribution in [3.05, 3.63) is 0 Å². The number of hydrogen-bond acceptors (Lipinski definition) is 4. The molecule has 0 unspecified atom stereocenters. The van der Waals surface area contributed by atoms with Crippen molar-refractivity contribution in [2.45, 2.75) is 50.1 Å². The molecular formula is C14H22ClN3O4. The first-order valence-corrected chi connectivity index (χ1v) is 7.64. The quantitative estimate of drug-likeness (QED) is 0.744. The third-order valence-electron chi connectivity index (χ3n) is 4.96. The van der Waals surface area contributed by atoms with Gasteiger partial charge in [-0.3, -0.25) is 19.4 Å². The molecule has 7 nitrogen and oxygen atoms in total.